The van der Waals surface area contributed by atoms with Crippen LogP contribution in [0.25, 0.3) is 23.5 Å². The molecule has 2 heterocycles. The number of nitrogens with one attached hydrogen (secondary N) is 1. The van der Waals surface area contributed by atoms with E-state index in [4.69, 9.17) is 4.42 Å². The van der Waals surface area contributed by atoms with Gasteiger partial charge in [-0.2, -0.15) is 31.3 Å². The number of hydrogen-bond acceptors (Lipinski definition) is 3. The highest BCUT2D eigenvalue weighted by Crippen LogP contribution is 2.33. The lowest BCUT2D eigenvalue weighted by Crippen LogP contribution is -2.19. The van der Waals surface area contributed by atoms with Gasteiger partial charge in [0.1, 0.15) is 11.5 Å². The van der Waals surface area contributed by atoms with E-state index in [0.717, 1.165) is 18.2 Å². The van der Waals surface area contributed by atoms with Gasteiger partial charge in [0.05, 0.1) is 5.56 Å². The van der Waals surface area contributed by atoms with E-state index in [2.05, 4.69) is 9.97 Å². The lowest BCUT2D eigenvalue weighted by molar-refractivity contribution is -0.141. The summed E-state index contributed by atoms with van der Waals surface area (Å²) >= 11 is 0. The normalized spacial score (nSPS) is 12.6. The lowest BCUT2D eigenvalue weighted by Gasteiger charge is -2.07. The molecule has 2 aromatic heterocycles. The first kappa shape index (κ1) is 19.5. The van der Waals surface area contributed by atoms with Crippen molar-refractivity contribution in [2.45, 2.75) is 12.4 Å². The fraction of sp³-hybridized carbons (Fsp3) is 0.111. The van der Waals surface area contributed by atoms with E-state index in [0.29, 0.717) is 6.07 Å². The average Bonchev–Trinajstić information content (AvgIpc) is 3.07. The van der Waals surface area contributed by atoms with E-state index in [1.807, 2.05) is 0 Å². The Morgan fingerprint density at radius 3 is 2.36 bits per heavy atom. The number of benzene rings is 1. The third-order valence-corrected chi connectivity index (χ3v) is 3.58. The number of hydrogen-bond donors (Lipinski definition) is 1. The van der Waals surface area contributed by atoms with Crippen molar-refractivity contribution < 1.29 is 30.8 Å². The molecule has 0 spiro atoms. The number of aromatic amines is 1. The topological polar surface area (TPSA) is 58.9 Å². The molecular formula is C18H10F6N2O2. The molecule has 28 heavy (non-hydrogen) atoms. The smallest absolute Gasteiger partial charge is 0.433 e. The molecule has 0 bridgehead atoms. The summed E-state index contributed by atoms with van der Waals surface area (Å²) in [6.45, 7) is 0. The molecule has 3 aromatic rings. The van der Waals surface area contributed by atoms with Crippen LogP contribution in [0.5, 0.6) is 0 Å². The molecule has 0 saturated carbocycles. The summed E-state index contributed by atoms with van der Waals surface area (Å²) in [4.78, 5) is 16.2. The number of halogens is 6. The fourth-order valence-corrected chi connectivity index (χ4v) is 2.33. The van der Waals surface area contributed by atoms with Gasteiger partial charge < -0.3 is 9.40 Å². The molecule has 1 aromatic carbocycles. The van der Waals surface area contributed by atoms with Crippen molar-refractivity contribution in [1.82, 2.24) is 9.97 Å². The zero-order valence-electron chi connectivity index (χ0n) is 13.7. The number of alkyl halides is 6. The molecule has 146 valence electrons. The Balaban J connectivity index is 1.86. The number of nitrogens with zero attached hydrogens (tertiary/aromatic N) is 1. The monoisotopic (exact) mass is 400 g/mol. The highest BCUT2D eigenvalue weighted by atomic mass is 19.4. The Morgan fingerprint density at radius 2 is 1.68 bits per heavy atom. The molecular weight excluding hydrogens is 390 g/mol. The zero-order valence-corrected chi connectivity index (χ0v) is 13.7. The molecule has 4 nitrogen and oxygen atoms in total. The predicted octanol–water partition coefficient (Wildman–Crippen LogP) is 5.24. The van der Waals surface area contributed by atoms with Crippen molar-refractivity contribution in [3.05, 3.63) is 75.7 Å². The maximum Gasteiger partial charge on any atom is 0.433 e. The summed E-state index contributed by atoms with van der Waals surface area (Å²) in [5, 5.41) is 0. The standard InChI is InChI=1S/C18H10F6N2O2/c19-17(20,21)11-3-1-2-10(8-11)14-7-6-13(28-14)5-4-12-9-15(18(22,23)24)26-16(27)25-12/h1-9H,(H,25,26,27). The summed E-state index contributed by atoms with van der Waals surface area (Å²) in [6, 6.07) is 8.00. The molecule has 10 heteroatoms. The van der Waals surface area contributed by atoms with Gasteiger partial charge in [0, 0.05) is 11.3 Å². The second-order valence-corrected chi connectivity index (χ2v) is 5.64. The number of H-pyrrole nitrogens is 1. The second-order valence-electron chi connectivity index (χ2n) is 5.64. The Kier molecular flexibility index (Phi) is 4.88. The summed E-state index contributed by atoms with van der Waals surface area (Å²) in [5.74, 6) is 0.309. The minimum absolute atomic E-state index is 0.143. The van der Waals surface area contributed by atoms with Crippen LogP contribution in [0.4, 0.5) is 26.3 Å². The number of furan rings is 1. The summed E-state index contributed by atoms with van der Waals surface area (Å²) in [6.07, 6.45) is -6.86. The summed E-state index contributed by atoms with van der Waals surface area (Å²) in [5.41, 5.74) is -3.33. The van der Waals surface area contributed by atoms with Gasteiger partial charge >= 0.3 is 18.0 Å². The molecule has 0 aliphatic rings. The van der Waals surface area contributed by atoms with Crippen LogP contribution in [-0.4, -0.2) is 9.97 Å². The van der Waals surface area contributed by atoms with Crippen molar-refractivity contribution in [2.24, 2.45) is 0 Å². The first-order valence-electron chi connectivity index (χ1n) is 7.66. The molecule has 0 radical (unpaired) electrons. The highest BCUT2D eigenvalue weighted by Gasteiger charge is 2.33. The Labute approximate surface area is 153 Å². The molecule has 0 aliphatic heterocycles. The van der Waals surface area contributed by atoms with Gasteiger partial charge in [-0.05, 0) is 42.5 Å². The van der Waals surface area contributed by atoms with Crippen LogP contribution in [0.2, 0.25) is 0 Å². The third kappa shape index (κ3) is 4.51. The number of aromatic nitrogens is 2. The molecule has 0 saturated heterocycles. The van der Waals surface area contributed by atoms with E-state index in [1.165, 1.54) is 30.3 Å². The highest BCUT2D eigenvalue weighted by molar-refractivity contribution is 5.68. The van der Waals surface area contributed by atoms with Gasteiger partial charge in [-0.15, -0.1) is 0 Å². The van der Waals surface area contributed by atoms with E-state index >= 15 is 0 Å². The number of rotatable bonds is 3. The van der Waals surface area contributed by atoms with E-state index in [9.17, 15) is 31.1 Å². The van der Waals surface area contributed by atoms with Crippen LogP contribution in [0.1, 0.15) is 22.7 Å². The molecule has 0 unspecified atom stereocenters. The van der Waals surface area contributed by atoms with E-state index in [-0.39, 0.29) is 22.8 Å². The van der Waals surface area contributed by atoms with Crippen LogP contribution in [-0.2, 0) is 12.4 Å². The lowest BCUT2D eigenvalue weighted by atomic mass is 10.1. The van der Waals surface area contributed by atoms with Gasteiger partial charge in [0.2, 0.25) is 0 Å². The quantitative estimate of drug-likeness (QED) is 0.612. The molecule has 0 fully saturated rings. The predicted molar refractivity (Wildman–Crippen MR) is 87.9 cm³/mol. The Bertz CT molecular complexity index is 1080. The molecule has 1 N–H and O–H groups in total. The van der Waals surface area contributed by atoms with E-state index < -0.39 is 29.3 Å². The largest absolute Gasteiger partial charge is 0.457 e. The Hall–Kier alpha value is -3.30. The van der Waals surface area contributed by atoms with Crippen molar-refractivity contribution >= 4 is 12.2 Å². The summed E-state index contributed by atoms with van der Waals surface area (Å²) in [7, 11) is 0. The minimum Gasteiger partial charge on any atom is -0.457 e. The zero-order chi connectivity index (χ0) is 20.5. The minimum atomic E-state index is -4.78. The van der Waals surface area contributed by atoms with Crippen molar-refractivity contribution in [3.8, 4) is 11.3 Å². The van der Waals surface area contributed by atoms with Crippen molar-refractivity contribution in [3.63, 3.8) is 0 Å². The molecule has 0 aliphatic carbocycles. The van der Waals surface area contributed by atoms with Gasteiger partial charge in [-0.1, -0.05) is 12.1 Å². The maximum absolute atomic E-state index is 12.8. The van der Waals surface area contributed by atoms with Crippen molar-refractivity contribution in [2.75, 3.05) is 0 Å². The van der Waals surface area contributed by atoms with Crippen molar-refractivity contribution in [1.29, 1.82) is 0 Å². The van der Waals surface area contributed by atoms with Crippen LogP contribution in [0, 0.1) is 0 Å². The van der Waals surface area contributed by atoms with Crippen LogP contribution >= 0.6 is 0 Å². The van der Waals surface area contributed by atoms with Gasteiger partial charge in [0.25, 0.3) is 0 Å². The van der Waals surface area contributed by atoms with Crippen LogP contribution in [0.15, 0.2) is 51.7 Å². The Morgan fingerprint density at radius 1 is 0.929 bits per heavy atom. The summed E-state index contributed by atoms with van der Waals surface area (Å²) < 4.78 is 81.8. The van der Waals surface area contributed by atoms with Gasteiger partial charge in [-0.3, -0.25) is 0 Å². The fourth-order valence-electron chi connectivity index (χ4n) is 2.33. The SMILES string of the molecule is O=c1nc(C(F)(F)F)cc(C=Cc2ccc(-c3cccc(C(F)(F)F)c3)o2)[nH]1. The van der Waals surface area contributed by atoms with Crippen LogP contribution in [0.3, 0.4) is 0 Å². The average molecular weight is 400 g/mol. The van der Waals surface area contributed by atoms with Crippen LogP contribution < -0.4 is 5.69 Å². The molecule has 3 rings (SSSR count). The van der Waals surface area contributed by atoms with E-state index in [1.54, 1.807) is 0 Å². The maximum atomic E-state index is 12.8. The third-order valence-electron chi connectivity index (χ3n) is 3.58. The van der Waals surface area contributed by atoms with Gasteiger partial charge in [0.15, 0.2) is 5.69 Å². The van der Waals surface area contributed by atoms with Gasteiger partial charge in [-0.25, -0.2) is 4.79 Å². The molecule has 0 atom stereocenters. The molecule has 0 amide bonds. The first-order chi connectivity index (χ1) is 13.0. The second kappa shape index (κ2) is 7.02. The first-order valence-corrected chi connectivity index (χ1v) is 7.66.